The van der Waals surface area contributed by atoms with E-state index in [2.05, 4.69) is 105 Å². The van der Waals surface area contributed by atoms with Crippen LogP contribution in [-0.2, 0) is 5.41 Å². The van der Waals surface area contributed by atoms with Crippen molar-refractivity contribution in [3.05, 3.63) is 121 Å². The van der Waals surface area contributed by atoms with E-state index < -0.39 is 0 Å². The molecule has 39 heavy (non-hydrogen) atoms. The molecular formula is C37H24N2. The van der Waals surface area contributed by atoms with E-state index in [1.807, 2.05) is 18.5 Å². The van der Waals surface area contributed by atoms with E-state index in [1.54, 1.807) is 0 Å². The zero-order valence-corrected chi connectivity index (χ0v) is 21.8. The third kappa shape index (κ3) is 2.61. The van der Waals surface area contributed by atoms with E-state index in [-0.39, 0.29) is 5.41 Å². The third-order valence-electron chi connectivity index (χ3n) is 9.09. The van der Waals surface area contributed by atoms with E-state index in [0.29, 0.717) is 0 Å². The first-order chi connectivity index (χ1) is 19.1. The monoisotopic (exact) mass is 496 g/mol. The van der Waals surface area contributed by atoms with Crippen LogP contribution in [0.4, 0.5) is 0 Å². The van der Waals surface area contributed by atoms with Gasteiger partial charge in [-0.15, -0.1) is 0 Å². The van der Waals surface area contributed by atoms with E-state index in [1.165, 1.54) is 76.8 Å². The van der Waals surface area contributed by atoms with Crippen LogP contribution < -0.4 is 0 Å². The minimum Gasteiger partial charge on any atom is -0.256 e. The maximum Gasteiger partial charge on any atom is 0.0787 e. The lowest BCUT2D eigenvalue weighted by molar-refractivity contribution is 0.659. The predicted octanol–water partition coefficient (Wildman–Crippen LogP) is 9.56. The van der Waals surface area contributed by atoms with Crippen LogP contribution in [0.2, 0.25) is 0 Å². The van der Waals surface area contributed by atoms with Crippen LogP contribution in [0.1, 0.15) is 25.0 Å². The average Bonchev–Trinajstić information content (AvgIpc) is 3.43. The number of hydrogen-bond donors (Lipinski definition) is 0. The topological polar surface area (TPSA) is 25.8 Å². The zero-order chi connectivity index (χ0) is 25.9. The lowest BCUT2D eigenvalue weighted by atomic mass is 9.81. The van der Waals surface area contributed by atoms with Gasteiger partial charge in [0.1, 0.15) is 0 Å². The molecule has 2 aliphatic rings. The maximum atomic E-state index is 4.81. The molecule has 0 atom stereocenters. The summed E-state index contributed by atoms with van der Waals surface area (Å²) < 4.78 is 0. The van der Waals surface area contributed by atoms with Gasteiger partial charge < -0.3 is 0 Å². The van der Waals surface area contributed by atoms with Crippen molar-refractivity contribution >= 4 is 32.3 Å². The van der Waals surface area contributed by atoms with Crippen molar-refractivity contribution in [3.8, 4) is 44.8 Å². The number of nitrogens with zero attached hydrogens (tertiary/aromatic N) is 2. The van der Waals surface area contributed by atoms with Gasteiger partial charge in [-0.05, 0) is 90.5 Å². The van der Waals surface area contributed by atoms with E-state index in [4.69, 9.17) is 9.97 Å². The van der Waals surface area contributed by atoms with Gasteiger partial charge in [-0.1, -0.05) is 80.6 Å². The van der Waals surface area contributed by atoms with Crippen LogP contribution in [0.5, 0.6) is 0 Å². The number of fused-ring (bicyclic) bond motifs is 10. The highest BCUT2D eigenvalue weighted by atomic mass is 14.7. The fourth-order valence-corrected chi connectivity index (χ4v) is 7.25. The first-order valence-electron chi connectivity index (χ1n) is 13.6. The smallest absolute Gasteiger partial charge is 0.0787 e. The molecule has 0 amide bonds. The molecule has 0 aliphatic heterocycles. The molecule has 2 nitrogen and oxygen atoms in total. The zero-order valence-electron chi connectivity index (χ0n) is 21.8. The van der Waals surface area contributed by atoms with E-state index in [0.717, 1.165) is 11.4 Å². The average molecular weight is 497 g/mol. The minimum atomic E-state index is -0.0877. The summed E-state index contributed by atoms with van der Waals surface area (Å²) in [6.07, 6.45) is 3.81. The fourth-order valence-electron chi connectivity index (χ4n) is 7.25. The van der Waals surface area contributed by atoms with Gasteiger partial charge in [0.25, 0.3) is 0 Å². The lowest BCUT2D eigenvalue weighted by Gasteiger charge is -2.22. The number of rotatable bonds is 1. The van der Waals surface area contributed by atoms with E-state index in [9.17, 15) is 0 Å². The van der Waals surface area contributed by atoms with Crippen molar-refractivity contribution in [1.82, 2.24) is 9.97 Å². The molecular weight excluding hydrogens is 472 g/mol. The molecule has 0 spiro atoms. The summed E-state index contributed by atoms with van der Waals surface area (Å²) in [7, 11) is 0. The summed E-state index contributed by atoms with van der Waals surface area (Å²) in [4.78, 5) is 9.57. The first kappa shape index (κ1) is 21.2. The van der Waals surface area contributed by atoms with Gasteiger partial charge in [0.15, 0.2) is 0 Å². The predicted molar refractivity (Wildman–Crippen MR) is 162 cm³/mol. The van der Waals surface area contributed by atoms with Gasteiger partial charge in [-0.25, -0.2) is 0 Å². The molecule has 2 aromatic heterocycles. The van der Waals surface area contributed by atoms with Crippen LogP contribution in [0.3, 0.4) is 0 Å². The lowest BCUT2D eigenvalue weighted by Crippen LogP contribution is -2.15. The van der Waals surface area contributed by atoms with Gasteiger partial charge >= 0.3 is 0 Å². The second-order valence-corrected chi connectivity index (χ2v) is 11.4. The molecule has 2 heteroatoms. The molecule has 9 rings (SSSR count). The molecule has 0 saturated carbocycles. The van der Waals surface area contributed by atoms with Gasteiger partial charge in [-0.3, -0.25) is 9.97 Å². The van der Waals surface area contributed by atoms with Crippen LogP contribution >= 0.6 is 0 Å². The Morgan fingerprint density at radius 3 is 2.08 bits per heavy atom. The van der Waals surface area contributed by atoms with Crippen LogP contribution in [0, 0.1) is 0 Å². The molecule has 0 bridgehead atoms. The molecule has 0 saturated heterocycles. The van der Waals surface area contributed by atoms with Crippen molar-refractivity contribution < 1.29 is 0 Å². The Morgan fingerprint density at radius 2 is 1.18 bits per heavy atom. The molecule has 7 aromatic rings. The molecule has 5 aromatic carbocycles. The quantitative estimate of drug-likeness (QED) is 0.211. The largest absolute Gasteiger partial charge is 0.256 e. The Balaban J connectivity index is 1.38. The summed E-state index contributed by atoms with van der Waals surface area (Å²) in [5, 5.41) is 7.74. The first-order valence-corrected chi connectivity index (χ1v) is 13.6. The second-order valence-electron chi connectivity index (χ2n) is 11.4. The second kappa shape index (κ2) is 7.18. The van der Waals surface area contributed by atoms with Crippen molar-refractivity contribution in [3.63, 3.8) is 0 Å². The number of benzene rings is 5. The fraction of sp³-hybridized carbons (Fsp3) is 0.0811. The number of hydrogen-bond acceptors (Lipinski definition) is 2. The van der Waals surface area contributed by atoms with Crippen LogP contribution in [0.25, 0.3) is 77.1 Å². The Bertz CT molecular complexity index is 2200. The highest BCUT2D eigenvalue weighted by Gasteiger charge is 2.36. The number of pyridine rings is 2. The maximum absolute atomic E-state index is 4.81. The van der Waals surface area contributed by atoms with Crippen molar-refractivity contribution in [2.45, 2.75) is 19.3 Å². The molecule has 0 radical (unpaired) electrons. The Kier molecular flexibility index (Phi) is 3.89. The standard InChI is InChI=1S/C37H24N2/c1-37(2)32-13-7-17-39-36(32)27-15-14-21(18-33(27)37)28-19-30-25-11-5-10-24-26-12-6-16-38-35(26)31(34(24)25)20-29(30)23-9-4-3-8-22(23)28/h3-20H,1-2H3. The molecule has 2 aliphatic carbocycles. The molecule has 0 unspecified atom stereocenters. The SMILES string of the molecule is CC1(C)c2cc(-c3cc4c5cccc6c5c(cc4c4ccccc34)-c3ncccc3-6)ccc2-c2ncccc21. The normalized spacial score (nSPS) is 14.1. The highest BCUT2D eigenvalue weighted by molar-refractivity contribution is 6.28. The molecule has 182 valence electrons. The van der Waals surface area contributed by atoms with E-state index >= 15 is 0 Å². The Morgan fingerprint density at radius 1 is 0.462 bits per heavy atom. The minimum absolute atomic E-state index is 0.0877. The highest BCUT2D eigenvalue weighted by Crippen LogP contribution is 2.51. The van der Waals surface area contributed by atoms with Gasteiger partial charge in [-0.2, -0.15) is 0 Å². The summed E-state index contributed by atoms with van der Waals surface area (Å²) >= 11 is 0. The van der Waals surface area contributed by atoms with Crippen molar-refractivity contribution in [1.29, 1.82) is 0 Å². The van der Waals surface area contributed by atoms with Gasteiger partial charge in [0.2, 0.25) is 0 Å². The summed E-state index contributed by atoms with van der Waals surface area (Å²) in [6, 6.07) is 35.9. The molecule has 0 fully saturated rings. The third-order valence-corrected chi connectivity index (χ3v) is 9.09. The van der Waals surface area contributed by atoms with Crippen molar-refractivity contribution in [2.75, 3.05) is 0 Å². The van der Waals surface area contributed by atoms with Gasteiger partial charge in [0, 0.05) is 34.5 Å². The van der Waals surface area contributed by atoms with Crippen LogP contribution in [-0.4, -0.2) is 9.97 Å². The Labute approximate surface area is 226 Å². The molecule has 0 N–H and O–H groups in total. The van der Waals surface area contributed by atoms with Crippen LogP contribution in [0.15, 0.2) is 109 Å². The summed E-state index contributed by atoms with van der Waals surface area (Å²) in [5.74, 6) is 0. The van der Waals surface area contributed by atoms with Crippen molar-refractivity contribution in [2.24, 2.45) is 0 Å². The Hall–Kier alpha value is -4.82. The summed E-state index contributed by atoms with van der Waals surface area (Å²) in [6.45, 7) is 4.64. The summed E-state index contributed by atoms with van der Waals surface area (Å²) in [5.41, 5.74) is 12.3. The molecule has 2 heterocycles. The number of aromatic nitrogens is 2. The van der Waals surface area contributed by atoms with Gasteiger partial charge in [0.05, 0.1) is 11.4 Å².